The minimum absolute atomic E-state index is 0.0110. The number of carbonyl (C=O) groups is 6. The van der Waals surface area contributed by atoms with Gasteiger partial charge < -0.3 is 35.1 Å². The number of rotatable bonds is 13. The molecule has 0 radical (unpaired) electrons. The van der Waals surface area contributed by atoms with Crippen molar-refractivity contribution < 1.29 is 53.2 Å². The SMILES string of the molecule is CC(=O)OC/C=C/c1ccc(OC2CC(O)CC(C(=O)O)O2)c(NC(=O)CCNC(=O)CCN2C(=O)CCC2=O)c1. The van der Waals surface area contributed by atoms with E-state index in [-0.39, 0.29) is 81.5 Å². The summed E-state index contributed by atoms with van der Waals surface area (Å²) < 4.78 is 16.1. The molecule has 0 aromatic heterocycles. The van der Waals surface area contributed by atoms with Gasteiger partial charge in [-0.15, -0.1) is 0 Å². The van der Waals surface area contributed by atoms with E-state index in [0.29, 0.717) is 5.56 Å². The van der Waals surface area contributed by atoms with Gasteiger partial charge in [-0.3, -0.25) is 28.9 Å². The minimum atomic E-state index is -1.25. The molecule has 2 saturated heterocycles. The molecular weight excluding hydrogens is 542 g/mol. The van der Waals surface area contributed by atoms with E-state index in [1.54, 1.807) is 24.3 Å². The van der Waals surface area contributed by atoms with Crippen molar-refractivity contribution in [3.8, 4) is 5.75 Å². The summed E-state index contributed by atoms with van der Waals surface area (Å²) in [6, 6.07) is 4.76. The molecule has 4 N–H and O–H groups in total. The van der Waals surface area contributed by atoms with Crippen LogP contribution >= 0.6 is 0 Å². The highest BCUT2D eigenvalue weighted by Crippen LogP contribution is 2.31. The lowest BCUT2D eigenvalue weighted by atomic mass is 10.1. The van der Waals surface area contributed by atoms with Crippen molar-refractivity contribution >= 4 is 47.3 Å². The molecule has 1 aromatic carbocycles. The zero-order valence-electron chi connectivity index (χ0n) is 22.5. The van der Waals surface area contributed by atoms with Gasteiger partial charge in [0.25, 0.3) is 0 Å². The fourth-order valence-electron chi connectivity index (χ4n) is 4.14. The van der Waals surface area contributed by atoms with E-state index in [1.165, 1.54) is 13.0 Å². The molecule has 3 rings (SSSR count). The predicted octanol–water partition coefficient (Wildman–Crippen LogP) is 0.576. The molecule has 222 valence electrons. The molecular formula is C27H33N3O11. The Kier molecular flexibility index (Phi) is 11.4. The first kappa shape index (κ1) is 31.2. The molecule has 3 atom stereocenters. The molecule has 2 aliphatic rings. The number of likely N-dealkylation sites (tertiary alicyclic amines) is 1. The first-order valence-corrected chi connectivity index (χ1v) is 13.1. The van der Waals surface area contributed by atoms with Crippen LogP contribution in [0.3, 0.4) is 0 Å². The topological polar surface area (TPSA) is 198 Å². The van der Waals surface area contributed by atoms with Gasteiger partial charge in [0, 0.05) is 58.5 Å². The number of anilines is 1. The Hall–Kier alpha value is -4.30. The fraction of sp³-hybridized carbons (Fsp3) is 0.481. The number of amides is 4. The number of ether oxygens (including phenoxy) is 3. The van der Waals surface area contributed by atoms with Gasteiger partial charge in [0.05, 0.1) is 11.8 Å². The van der Waals surface area contributed by atoms with Crippen molar-refractivity contribution in [3.63, 3.8) is 0 Å². The molecule has 2 heterocycles. The number of aliphatic carboxylic acids is 1. The van der Waals surface area contributed by atoms with Gasteiger partial charge in [0.15, 0.2) is 6.10 Å². The number of benzene rings is 1. The summed E-state index contributed by atoms with van der Waals surface area (Å²) in [6.07, 6.45) is -0.0243. The first-order valence-electron chi connectivity index (χ1n) is 13.1. The number of aliphatic hydroxyl groups is 1. The molecule has 4 amide bonds. The van der Waals surface area contributed by atoms with Crippen LogP contribution in [0.2, 0.25) is 0 Å². The van der Waals surface area contributed by atoms with Crippen LogP contribution in [-0.2, 0) is 38.2 Å². The maximum atomic E-state index is 12.7. The van der Waals surface area contributed by atoms with E-state index >= 15 is 0 Å². The largest absolute Gasteiger partial charge is 0.479 e. The molecule has 2 fully saturated rings. The highest BCUT2D eigenvalue weighted by molar-refractivity contribution is 6.02. The Balaban J connectivity index is 1.60. The van der Waals surface area contributed by atoms with Crippen molar-refractivity contribution in [1.29, 1.82) is 0 Å². The van der Waals surface area contributed by atoms with E-state index < -0.39 is 42.3 Å². The van der Waals surface area contributed by atoms with Crippen LogP contribution in [0.25, 0.3) is 6.08 Å². The lowest BCUT2D eigenvalue weighted by Gasteiger charge is -2.31. The molecule has 1 aromatic rings. The number of carboxylic acid groups (broad SMARTS) is 1. The predicted molar refractivity (Wildman–Crippen MR) is 141 cm³/mol. The number of nitrogens with zero attached hydrogens (tertiary/aromatic N) is 1. The second-order valence-corrected chi connectivity index (χ2v) is 9.43. The average molecular weight is 576 g/mol. The van der Waals surface area contributed by atoms with Crippen LogP contribution < -0.4 is 15.4 Å². The third-order valence-corrected chi connectivity index (χ3v) is 6.16. The smallest absolute Gasteiger partial charge is 0.333 e. The van der Waals surface area contributed by atoms with Crippen molar-refractivity contribution in [2.75, 3.05) is 25.0 Å². The molecule has 0 aliphatic carbocycles. The van der Waals surface area contributed by atoms with Crippen molar-refractivity contribution in [3.05, 3.63) is 29.8 Å². The number of carboxylic acids is 1. The average Bonchev–Trinajstić information content (AvgIpc) is 3.23. The van der Waals surface area contributed by atoms with Crippen molar-refractivity contribution in [1.82, 2.24) is 10.2 Å². The maximum absolute atomic E-state index is 12.7. The lowest BCUT2D eigenvalue weighted by Crippen LogP contribution is -2.42. The van der Waals surface area contributed by atoms with Crippen LogP contribution in [0.15, 0.2) is 24.3 Å². The van der Waals surface area contributed by atoms with E-state index in [4.69, 9.17) is 14.2 Å². The Labute approximate surface area is 235 Å². The molecule has 0 saturated carbocycles. The molecule has 0 bridgehead atoms. The molecule has 41 heavy (non-hydrogen) atoms. The van der Waals surface area contributed by atoms with E-state index in [1.807, 2.05) is 0 Å². The zero-order chi connectivity index (χ0) is 29.9. The van der Waals surface area contributed by atoms with Crippen LogP contribution in [0, 0.1) is 0 Å². The summed E-state index contributed by atoms with van der Waals surface area (Å²) in [5.74, 6) is -3.04. The van der Waals surface area contributed by atoms with Crippen LogP contribution in [0.5, 0.6) is 5.75 Å². The van der Waals surface area contributed by atoms with Crippen molar-refractivity contribution in [2.24, 2.45) is 0 Å². The van der Waals surface area contributed by atoms with Crippen LogP contribution in [0.1, 0.15) is 51.0 Å². The van der Waals surface area contributed by atoms with Crippen LogP contribution in [0.4, 0.5) is 5.69 Å². The number of aliphatic hydroxyl groups excluding tert-OH is 1. The Bertz CT molecular complexity index is 1180. The van der Waals surface area contributed by atoms with Gasteiger partial charge in [-0.25, -0.2) is 4.79 Å². The lowest BCUT2D eigenvalue weighted by molar-refractivity contribution is -0.195. The second-order valence-electron chi connectivity index (χ2n) is 9.43. The molecule has 14 heteroatoms. The van der Waals surface area contributed by atoms with Crippen LogP contribution in [-0.4, -0.2) is 88.9 Å². The summed E-state index contributed by atoms with van der Waals surface area (Å²) in [6.45, 7) is 1.29. The van der Waals surface area contributed by atoms with Gasteiger partial charge >= 0.3 is 11.9 Å². The van der Waals surface area contributed by atoms with Gasteiger partial charge in [-0.2, -0.15) is 0 Å². The van der Waals surface area contributed by atoms with E-state index in [0.717, 1.165) is 4.90 Å². The fourth-order valence-corrected chi connectivity index (χ4v) is 4.14. The van der Waals surface area contributed by atoms with Gasteiger partial charge in [-0.05, 0) is 23.8 Å². The Morgan fingerprint density at radius 2 is 1.83 bits per heavy atom. The molecule has 3 unspecified atom stereocenters. The standard InChI is InChI=1S/C27H33N3O11/c1-16(31)39-12-2-3-17-4-5-20(40-26-15-18(32)14-21(41-26)27(37)38)19(13-17)29-23(34)8-10-28-22(33)9-11-30-24(35)6-7-25(30)36/h2-5,13,18,21,26,32H,6-12,14-15H2,1H3,(H,28,33)(H,29,34)(H,37,38)/b3-2+. The number of carbonyl (C=O) groups excluding carboxylic acids is 5. The summed E-state index contributed by atoms with van der Waals surface area (Å²) in [4.78, 5) is 71.5. The highest BCUT2D eigenvalue weighted by atomic mass is 16.7. The number of imide groups is 1. The summed E-state index contributed by atoms with van der Waals surface area (Å²) >= 11 is 0. The molecule has 14 nitrogen and oxygen atoms in total. The van der Waals surface area contributed by atoms with Crippen molar-refractivity contribution in [2.45, 2.75) is 63.9 Å². The monoisotopic (exact) mass is 575 g/mol. The number of esters is 1. The Morgan fingerprint density at radius 3 is 2.51 bits per heavy atom. The second kappa shape index (κ2) is 14.9. The van der Waals surface area contributed by atoms with E-state index in [2.05, 4.69) is 10.6 Å². The van der Waals surface area contributed by atoms with Gasteiger partial charge in [0.1, 0.15) is 12.4 Å². The summed E-state index contributed by atoms with van der Waals surface area (Å²) in [5, 5.41) is 24.6. The number of hydrogen-bond acceptors (Lipinski definition) is 10. The summed E-state index contributed by atoms with van der Waals surface area (Å²) in [7, 11) is 0. The van der Waals surface area contributed by atoms with E-state index in [9.17, 15) is 39.0 Å². The highest BCUT2D eigenvalue weighted by Gasteiger charge is 2.34. The maximum Gasteiger partial charge on any atom is 0.333 e. The van der Waals surface area contributed by atoms with Gasteiger partial charge in [-0.1, -0.05) is 12.1 Å². The minimum Gasteiger partial charge on any atom is -0.479 e. The molecule has 2 aliphatic heterocycles. The summed E-state index contributed by atoms with van der Waals surface area (Å²) in [5.41, 5.74) is 0.838. The zero-order valence-corrected chi connectivity index (χ0v) is 22.5. The Morgan fingerprint density at radius 1 is 1.10 bits per heavy atom. The number of nitrogens with one attached hydrogen (secondary N) is 2. The quantitative estimate of drug-likeness (QED) is 0.189. The third-order valence-electron chi connectivity index (χ3n) is 6.16. The molecule has 0 spiro atoms. The first-order chi connectivity index (χ1) is 19.5. The van der Waals surface area contributed by atoms with Gasteiger partial charge in [0.2, 0.25) is 29.9 Å². The normalized spacial score (nSPS) is 20.6. The third kappa shape index (κ3) is 9.99. The number of hydrogen-bond donors (Lipinski definition) is 4.